The molecule has 0 saturated heterocycles. The van der Waals surface area contributed by atoms with Crippen molar-refractivity contribution in [3.63, 3.8) is 0 Å². The predicted molar refractivity (Wildman–Crippen MR) is 143 cm³/mol. The minimum atomic E-state index is 0.548. The summed E-state index contributed by atoms with van der Waals surface area (Å²) in [6.45, 7) is 21.8. The molecule has 4 aliphatic rings. The van der Waals surface area contributed by atoms with Gasteiger partial charge in [-0.15, -0.1) is 0 Å². The fraction of sp³-hybridized carbons (Fsp3) is 0.938. The van der Waals surface area contributed by atoms with Gasteiger partial charge in [0.15, 0.2) is 0 Å². The minimum Gasteiger partial charge on any atom is -0.0845 e. The summed E-state index contributed by atoms with van der Waals surface area (Å²) in [5.41, 5.74) is 3.05. The first kappa shape index (κ1) is 26.3. The van der Waals surface area contributed by atoms with Crippen LogP contribution in [0.3, 0.4) is 0 Å². The van der Waals surface area contributed by atoms with E-state index < -0.39 is 0 Å². The van der Waals surface area contributed by atoms with Gasteiger partial charge in [-0.2, -0.15) is 0 Å². The van der Waals surface area contributed by atoms with Gasteiger partial charge in [0.25, 0.3) is 0 Å². The molecule has 0 amide bonds. The number of rotatable bonds is 6. The van der Waals surface area contributed by atoms with E-state index in [1.54, 1.807) is 0 Å². The Kier molecular flexibility index (Phi) is 8.69. The molecule has 4 rings (SSSR count). The van der Waals surface area contributed by atoms with Crippen LogP contribution >= 0.6 is 0 Å². The van der Waals surface area contributed by atoms with Crippen molar-refractivity contribution in [3.8, 4) is 0 Å². The third kappa shape index (κ3) is 4.64. The van der Waals surface area contributed by atoms with Gasteiger partial charge >= 0.3 is 0 Å². The Bertz CT molecular complexity index is 628. The average molecular weight is 443 g/mol. The lowest BCUT2D eigenvalue weighted by Gasteiger charge is -2.58. The molecule has 0 aromatic carbocycles. The molecular formula is C32H58. The van der Waals surface area contributed by atoms with E-state index in [0.29, 0.717) is 10.8 Å². The zero-order valence-corrected chi connectivity index (χ0v) is 23.5. The first-order valence-corrected chi connectivity index (χ1v) is 14.9. The van der Waals surface area contributed by atoms with Crippen LogP contribution in [0.2, 0.25) is 0 Å². The van der Waals surface area contributed by atoms with Crippen LogP contribution in [-0.4, -0.2) is 0 Å². The molecule has 0 heteroatoms. The molecule has 0 heterocycles. The van der Waals surface area contributed by atoms with E-state index in [4.69, 9.17) is 0 Å². The summed E-state index contributed by atoms with van der Waals surface area (Å²) < 4.78 is 0. The lowest BCUT2D eigenvalue weighted by molar-refractivity contribution is -0.0525. The molecule has 0 aliphatic heterocycles. The second kappa shape index (κ2) is 10.6. The van der Waals surface area contributed by atoms with Gasteiger partial charge in [-0.1, -0.05) is 86.8 Å². The number of hydrogen-bond donors (Lipinski definition) is 0. The molecule has 0 aromatic heterocycles. The molecule has 0 bridgehead atoms. The van der Waals surface area contributed by atoms with Crippen molar-refractivity contribution in [1.29, 1.82) is 0 Å². The van der Waals surface area contributed by atoms with E-state index in [0.717, 1.165) is 47.3 Å². The van der Waals surface area contributed by atoms with E-state index in [9.17, 15) is 0 Å². The SMILES string of the molecule is CC.CCC(CC[C@@H](C)C1CCC2C3CC=C4CC(C)CCC4(C)C3CCC21C)C(C)C. The summed E-state index contributed by atoms with van der Waals surface area (Å²) in [5, 5.41) is 0. The maximum absolute atomic E-state index is 2.76. The summed E-state index contributed by atoms with van der Waals surface area (Å²) in [6, 6.07) is 0. The largest absolute Gasteiger partial charge is 0.0845 e. The maximum Gasteiger partial charge on any atom is -0.00851 e. The fourth-order valence-corrected chi connectivity index (χ4v) is 9.51. The highest BCUT2D eigenvalue weighted by atomic mass is 14.6. The molecule has 32 heavy (non-hydrogen) atoms. The van der Waals surface area contributed by atoms with Gasteiger partial charge < -0.3 is 0 Å². The highest BCUT2D eigenvalue weighted by Crippen LogP contribution is 2.67. The first-order chi connectivity index (χ1) is 15.2. The summed E-state index contributed by atoms with van der Waals surface area (Å²) in [4.78, 5) is 0. The highest BCUT2D eigenvalue weighted by Gasteiger charge is 2.58. The topological polar surface area (TPSA) is 0 Å². The molecule has 9 atom stereocenters. The second-order valence-corrected chi connectivity index (χ2v) is 13.3. The van der Waals surface area contributed by atoms with Crippen LogP contribution in [0.15, 0.2) is 11.6 Å². The molecule has 186 valence electrons. The molecule has 4 aliphatic carbocycles. The summed E-state index contributed by atoms with van der Waals surface area (Å²) in [5.74, 6) is 7.59. The monoisotopic (exact) mass is 442 g/mol. The van der Waals surface area contributed by atoms with Gasteiger partial charge in [0.05, 0.1) is 0 Å². The Hall–Kier alpha value is -0.260. The van der Waals surface area contributed by atoms with Crippen LogP contribution in [0.1, 0.15) is 133 Å². The van der Waals surface area contributed by atoms with Crippen LogP contribution < -0.4 is 0 Å². The van der Waals surface area contributed by atoms with E-state index in [-0.39, 0.29) is 0 Å². The standard InChI is InChI=1S/C30H52.C2H6/c1-8-23(20(2)3)10-9-22(5)26-13-14-27-25-12-11-24-19-21(4)15-17-29(24,6)28(25)16-18-30(26,27)7;1-2/h11,20-23,25-28H,8-10,12-19H2,1-7H3;1-2H3/t21?,22-,23?,25?,26?,27?,28?,29?,30?;/m1./s1. The highest BCUT2D eigenvalue weighted by molar-refractivity contribution is 5.25. The van der Waals surface area contributed by atoms with Gasteiger partial charge in [0.2, 0.25) is 0 Å². The van der Waals surface area contributed by atoms with E-state index in [2.05, 4.69) is 54.5 Å². The van der Waals surface area contributed by atoms with Crippen LogP contribution in [0.25, 0.3) is 0 Å². The van der Waals surface area contributed by atoms with E-state index >= 15 is 0 Å². The van der Waals surface area contributed by atoms with E-state index in [1.165, 1.54) is 70.6 Å². The molecule has 3 saturated carbocycles. The molecule has 8 unspecified atom stereocenters. The third-order valence-corrected chi connectivity index (χ3v) is 11.6. The van der Waals surface area contributed by atoms with Crippen LogP contribution in [-0.2, 0) is 0 Å². The second-order valence-electron chi connectivity index (χ2n) is 13.3. The normalized spacial score (nSPS) is 42.7. The van der Waals surface area contributed by atoms with Crippen LogP contribution in [0.5, 0.6) is 0 Å². The number of fused-ring (bicyclic) bond motifs is 5. The quantitative estimate of drug-likeness (QED) is 0.359. The Morgan fingerprint density at radius 1 is 0.938 bits per heavy atom. The van der Waals surface area contributed by atoms with Crippen LogP contribution in [0, 0.1) is 58.2 Å². The van der Waals surface area contributed by atoms with Gasteiger partial charge in [-0.25, -0.2) is 0 Å². The van der Waals surface area contributed by atoms with E-state index in [1.807, 2.05) is 19.4 Å². The molecule has 0 spiro atoms. The molecule has 0 radical (unpaired) electrons. The Labute approximate surface area is 202 Å². The Morgan fingerprint density at radius 2 is 1.66 bits per heavy atom. The molecular weight excluding hydrogens is 384 g/mol. The summed E-state index contributed by atoms with van der Waals surface area (Å²) in [6.07, 6.45) is 18.9. The summed E-state index contributed by atoms with van der Waals surface area (Å²) >= 11 is 0. The molecule has 3 fully saturated rings. The number of hydrogen-bond acceptors (Lipinski definition) is 0. The van der Waals surface area contributed by atoms with Crippen molar-refractivity contribution in [1.82, 2.24) is 0 Å². The lowest BCUT2D eigenvalue weighted by Crippen LogP contribution is -2.50. The van der Waals surface area contributed by atoms with Crippen molar-refractivity contribution in [2.24, 2.45) is 58.2 Å². The Balaban J connectivity index is 0.00000141. The van der Waals surface area contributed by atoms with Crippen molar-refractivity contribution >= 4 is 0 Å². The van der Waals surface area contributed by atoms with Crippen molar-refractivity contribution in [2.45, 2.75) is 133 Å². The molecule has 0 aromatic rings. The van der Waals surface area contributed by atoms with Crippen molar-refractivity contribution < 1.29 is 0 Å². The van der Waals surface area contributed by atoms with Crippen LogP contribution in [0.4, 0.5) is 0 Å². The predicted octanol–water partition coefficient (Wildman–Crippen LogP) is 10.3. The zero-order valence-electron chi connectivity index (χ0n) is 23.5. The van der Waals surface area contributed by atoms with Crippen molar-refractivity contribution in [2.75, 3.05) is 0 Å². The van der Waals surface area contributed by atoms with Gasteiger partial charge in [0.1, 0.15) is 0 Å². The minimum absolute atomic E-state index is 0.548. The average Bonchev–Trinajstić information content (AvgIpc) is 3.13. The van der Waals surface area contributed by atoms with Gasteiger partial charge in [-0.05, 0) is 116 Å². The zero-order chi connectivity index (χ0) is 23.7. The van der Waals surface area contributed by atoms with Gasteiger partial charge in [-0.3, -0.25) is 0 Å². The smallest absolute Gasteiger partial charge is 0.00851 e. The van der Waals surface area contributed by atoms with Crippen molar-refractivity contribution in [3.05, 3.63) is 11.6 Å². The third-order valence-electron chi connectivity index (χ3n) is 11.6. The summed E-state index contributed by atoms with van der Waals surface area (Å²) in [7, 11) is 0. The molecule has 0 nitrogen and oxygen atoms in total. The fourth-order valence-electron chi connectivity index (χ4n) is 9.51. The lowest BCUT2D eigenvalue weighted by atomic mass is 9.46. The van der Waals surface area contributed by atoms with Gasteiger partial charge in [0, 0.05) is 0 Å². The Morgan fingerprint density at radius 3 is 2.31 bits per heavy atom. The molecule has 0 N–H and O–H groups in total. The maximum atomic E-state index is 2.76. The first-order valence-electron chi connectivity index (χ1n) is 14.9. The number of allylic oxidation sites excluding steroid dienone is 2.